The molecule has 0 amide bonds. The molecule has 2 atom stereocenters. The van der Waals surface area contributed by atoms with E-state index >= 15 is 0 Å². The lowest BCUT2D eigenvalue weighted by Gasteiger charge is -2.02. The number of sulfone groups is 1. The van der Waals surface area contributed by atoms with Crippen LogP contribution in [-0.4, -0.2) is 19.9 Å². The molecule has 1 aliphatic heterocycles. The van der Waals surface area contributed by atoms with Crippen molar-refractivity contribution in [2.45, 2.75) is 13.8 Å². The Bertz CT molecular complexity index is 177. The van der Waals surface area contributed by atoms with Gasteiger partial charge in [0.1, 0.15) is 0 Å². The average molecular weight is 148 g/mol. The van der Waals surface area contributed by atoms with Crippen molar-refractivity contribution >= 4 is 9.84 Å². The third-order valence-electron chi connectivity index (χ3n) is 2.01. The minimum atomic E-state index is -2.64. The molecule has 0 radical (unpaired) electrons. The largest absolute Gasteiger partial charge is 0.229 e. The van der Waals surface area contributed by atoms with E-state index in [4.69, 9.17) is 0 Å². The van der Waals surface area contributed by atoms with E-state index in [1.807, 2.05) is 13.8 Å². The minimum Gasteiger partial charge on any atom is -0.229 e. The molecular weight excluding hydrogens is 136 g/mol. The normalized spacial score (nSPS) is 41.1. The molecule has 2 nitrogen and oxygen atoms in total. The van der Waals surface area contributed by atoms with E-state index in [9.17, 15) is 8.42 Å². The summed E-state index contributed by atoms with van der Waals surface area (Å²) < 4.78 is 21.7. The van der Waals surface area contributed by atoms with Crippen LogP contribution in [0.5, 0.6) is 0 Å². The SMILES string of the molecule is CC1CS(=O)(=O)C[C@H]1C. The summed E-state index contributed by atoms with van der Waals surface area (Å²) in [6, 6.07) is 0. The van der Waals surface area contributed by atoms with Crippen molar-refractivity contribution in [2.24, 2.45) is 11.8 Å². The Balaban J connectivity index is 2.77. The van der Waals surface area contributed by atoms with Crippen molar-refractivity contribution in [1.82, 2.24) is 0 Å². The van der Waals surface area contributed by atoms with Gasteiger partial charge in [-0.15, -0.1) is 0 Å². The molecule has 0 N–H and O–H groups in total. The van der Waals surface area contributed by atoms with Crippen LogP contribution in [0.2, 0.25) is 0 Å². The summed E-state index contributed by atoms with van der Waals surface area (Å²) in [7, 11) is -2.64. The van der Waals surface area contributed by atoms with Crippen LogP contribution in [-0.2, 0) is 9.84 Å². The molecule has 0 spiro atoms. The van der Waals surface area contributed by atoms with Crippen molar-refractivity contribution in [3.8, 4) is 0 Å². The lowest BCUT2D eigenvalue weighted by atomic mass is 10.0. The minimum absolute atomic E-state index is 0.370. The third-order valence-corrected chi connectivity index (χ3v) is 4.07. The predicted octanol–water partition coefficient (Wildman–Crippen LogP) is 0.687. The molecule has 1 aliphatic rings. The zero-order chi connectivity index (χ0) is 7.07. The molecular formula is C6H12O2S. The molecule has 1 rings (SSSR count). The Hall–Kier alpha value is -0.0500. The van der Waals surface area contributed by atoms with Gasteiger partial charge in [-0.25, -0.2) is 8.42 Å². The molecule has 1 heterocycles. The summed E-state index contributed by atoms with van der Waals surface area (Å²) in [6.07, 6.45) is 0. The average Bonchev–Trinajstić information content (AvgIpc) is 1.79. The van der Waals surface area contributed by atoms with Crippen LogP contribution in [0.15, 0.2) is 0 Å². The van der Waals surface area contributed by atoms with Crippen molar-refractivity contribution in [3.63, 3.8) is 0 Å². The van der Waals surface area contributed by atoms with E-state index in [1.54, 1.807) is 0 Å². The second kappa shape index (κ2) is 1.97. The molecule has 0 aromatic carbocycles. The van der Waals surface area contributed by atoms with Crippen LogP contribution in [0.1, 0.15) is 13.8 Å². The molecule has 0 bridgehead atoms. The van der Waals surface area contributed by atoms with E-state index in [0.717, 1.165) is 0 Å². The first kappa shape index (κ1) is 7.06. The molecule has 3 heteroatoms. The van der Waals surface area contributed by atoms with Gasteiger partial charge in [0.2, 0.25) is 0 Å². The molecule has 1 saturated heterocycles. The van der Waals surface area contributed by atoms with Crippen molar-refractivity contribution in [3.05, 3.63) is 0 Å². The Labute approximate surface area is 56.2 Å². The molecule has 1 unspecified atom stereocenters. The van der Waals surface area contributed by atoms with E-state index < -0.39 is 9.84 Å². The first-order valence-electron chi connectivity index (χ1n) is 3.22. The fourth-order valence-corrected chi connectivity index (χ4v) is 3.59. The Morgan fingerprint density at radius 2 is 1.44 bits per heavy atom. The van der Waals surface area contributed by atoms with Crippen LogP contribution >= 0.6 is 0 Å². The van der Waals surface area contributed by atoms with Crippen LogP contribution in [0.3, 0.4) is 0 Å². The highest BCUT2D eigenvalue weighted by Crippen LogP contribution is 2.23. The first-order valence-corrected chi connectivity index (χ1v) is 5.04. The summed E-state index contributed by atoms with van der Waals surface area (Å²) in [5.41, 5.74) is 0. The van der Waals surface area contributed by atoms with Gasteiger partial charge in [0, 0.05) is 0 Å². The maximum absolute atomic E-state index is 10.9. The molecule has 1 fully saturated rings. The summed E-state index contributed by atoms with van der Waals surface area (Å²) in [5.74, 6) is 1.53. The maximum Gasteiger partial charge on any atom is 0.150 e. The Morgan fingerprint density at radius 3 is 1.56 bits per heavy atom. The van der Waals surface area contributed by atoms with Gasteiger partial charge in [-0.2, -0.15) is 0 Å². The number of rotatable bonds is 0. The van der Waals surface area contributed by atoms with Crippen molar-refractivity contribution in [1.29, 1.82) is 0 Å². The zero-order valence-corrected chi connectivity index (χ0v) is 6.61. The highest BCUT2D eigenvalue weighted by molar-refractivity contribution is 7.91. The molecule has 0 aromatic rings. The van der Waals surface area contributed by atoms with Crippen molar-refractivity contribution < 1.29 is 8.42 Å². The zero-order valence-electron chi connectivity index (χ0n) is 5.79. The van der Waals surface area contributed by atoms with Crippen LogP contribution in [0.4, 0.5) is 0 Å². The monoisotopic (exact) mass is 148 g/mol. The fraction of sp³-hybridized carbons (Fsp3) is 1.00. The van der Waals surface area contributed by atoms with Crippen LogP contribution < -0.4 is 0 Å². The maximum atomic E-state index is 10.9. The third kappa shape index (κ3) is 1.45. The second-order valence-electron chi connectivity index (χ2n) is 3.03. The summed E-state index contributed by atoms with van der Waals surface area (Å²) in [5, 5.41) is 0. The highest BCUT2D eigenvalue weighted by Gasteiger charge is 2.30. The van der Waals surface area contributed by atoms with Crippen LogP contribution in [0, 0.1) is 11.8 Å². The quantitative estimate of drug-likeness (QED) is 0.506. The molecule has 0 aliphatic carbocycles. The van der Waals surface area contributed by atoms with Gasteiger partial charge in [-0.3, -0.25) is 0 Å². The lowest BCUT2D eigenvalue weighted by Crippen LogP contribution is -2.01. The topological polar surface area (TPSA) is 34.1 Å². The summed E-state index contributed by atoms with van der Waals surface area (Å²) >= 11 is 0. The van der Waals surface area contributed by atoms with Gasteiger partial charge in [-0.1, -0.05) is 13.8 Å². The molecule has 0 saturated carbocycles. The van der Waals surface area contributed by atoms with E-state index in [1.165, 1.54) is 0 Å². The Morgan fingerprint density at radius 1 is 1.11 bits per heavy atom. The van der Waals surface area contributed by atoms with Crippen molar-refractivity contribution in [2.75, 3.05) is 11.5 Å². The van der Waals surface area contributed by atoms with Gasteiger partial charge in [-0.05, 0) is 11.8 Å². The second-order valence-corrected chi connectivity index (χ2v) is 5.19. The number of hydrogen-bond acceptors (Lipinski definition) is 2. The van der Waals surface area contributed by atoms with Crippen LogP contribution in [0.25, 0.3) is 0 Å². The molecule has 54 valence electrons. The van der Waals surface area contributed by atoms with Gasteiger partial charge < -0.3 is 0 Å². The highest BCUT2D eigenvalue weighted by atomic mass is 32.2. The molecule has 0 aromatic heterocycles. The Kier molecular flexibility index (Phi) is 1.55. The first-order chi connectivity index (χ1) is 4.01. The summed E-state index contributed by atoms with van der Waals surface area (Å²) in [6.45, 7) is 3.99. The fourth-order valence-electron chi connectivity index (χ4n) is 1.20. The van der Waals surface area contributed by atoms with E-state index in [2.05, 4.69) is 0 Å². The van der Waals surface area contributed by atoms with Gasteiger partial charge in [0.05, 0.1) is 11.5 Å². The molecule has 9 heavy (non-hydrogen) atoms. The van der Waals surface area contributed by atoms with Gasteiger partial charge >= 0.3 is 0 Å². The van der Waals surface area contributed by atoms with Gasteiger partial charge in [0.25, 0.3) is 0 Å². The standard InChI is InChI=1S/C6H12O2S/c1-5-3-9(7,8)4-6(5)2/h5-6H,3-4H2,1-2H3/t5-,6?/m1/s1. The van der Waals surface area contributed by atoms with E-state index in [0.29, 0.717) is 23.3 Å². The smallest absolute Gasteiger partial charge is 0.150 e. The summed E-state index contributed by atoms with van der Waals surface area (Å²) in [4.78, 5) is 0. The number of hydrogen-bond donors (Lipinski definition) is 0. The lowest BCUT2D eigenvalue weighted by molar-refractivity contribution is 0.494. The van der Waals surface area contributed by atoms with Gasteiger partial charge in [0.15, 0.2) is 9.84 Å². The van der Waals surface area contributed by atoms with E-state index in [-0.39, 0.29) is 0 Å². The predicted molar refractivity (Wildman–Crippen MR) is 37.0 cm³/mol.